The summed E-state index contributed by atoms with van der Waals surface area (Å²) in [5.74, 6) is -1.71. The lowest BCUT2D eigenvalue weighted by molar-refractivity contribution is -0.146. The molecule has 1 saturated heterocycles. The summed E-state index contributed by atoms with van der Waals surface area (Å²) in [5, 5.41) is 9.80. The van der Waals surface area contributed by atoms with Crippen molar-refractivity contribution >= 4 is 46.1 Å². The van der Waals surface area contributed by atoms with Crippen molar-refractivity contribution in [3.05, 3.63) is 107 Å². The molecule has 1 aromatic heterocycles. The molecule has 40 heavy (non-hydrogen) atoms. The normalized spacial score (nSPS) is 15.9. The molecule has 4 N–H and O–H groups in total. The van der Waals surface area contributed by atoms with Crippen LogP contribution in [0.25, 0.3) is 10.9 Å². The van der Waals surface area contributed by atoms with Crippen molar-refractivity contribution in [2.45, 2.75) is 25.0 Å². The Morgan fingerprint density at radius 3 is 2.48 bits per heavy atom. The maximum Gasteiger partial charge on any atom is 0.250 e. The average molecular weight is 558 g/mol. The van der Waals surface area contributed by atoms with Crippen LogP contribution < -0.4 is 16.0 Å². The van der Waals surface area contributed by atoms with Crippen molar-refractivity contribution in [1.29, 1.82) is 0 Å². The summed E-state index contributed by atoms with van der Waals surface area (Å²) >= 11 is 6.25. The van der Waals surface area contributed by atoms with E-state index in [1.807, 2.05) is 48.7 Å². The summed E-state index contributed by atoms with van der Waals surface area (Å²) in [7, 11) is 0. The van der Waals surface area contributed by atoms with Crippen molar-refractivity contribution < 1.29 is 19.2 Å². The molecule has 0 saturated carbocycles. The smallest absolute Gasteiger partial charge is 0.250 e. The van der Waals surface area contributed by atoms with Crippen LogP contribution in [0.1, 0.15) is 22.7 Å². The van der Waals surface area contributed by atoms with Crippen molar-refractivity contribution in [3.8, 4) is 0 Å². The number of nitrogens with zero attached hydrogens (tertiary/aromatic N) is 1. The number of para-hydroxylation sites is 1. The van der Waals surface area contributed by atoms with Crippen LogP contribution in [0.4, 0.5) is 0 Å². The first-order valence-corrected chi connectivity index (χ1v) is 13.3. The van der Waals surface area contributed by atoms with Crippen molar-refractivity contribution in [1.82, 2.24) is 25.8 Å². The van der Waals surface area contributed by atoms with Gasteiger partial charge in [0.15, 0.2) is 0 Å². The van der Waals surface area contributed by atoms with Gasteiger partial charge in [0.1, 0.15) is 25.2 Å². The second-order valence-electron chi connectivity index (χ2n) is 9.60. The largest absolute Gasteiger partial charge is 0.361 e. The highest BCUT2D eigenvalue weighted by molar-refractivity contribution is 6.31. The lowest BCUT2D eigenvalue weighted by Crippen LogP contribution is -2.57. The number of hydrogen-bond acceptors (Lipinski definition) is 4. The van der Waals surface area contributed by atoms with E-state index < -0.39 is 29.8 Å². The molecular weight excluding hydrogens is 530 g/mol. The van der Waals surface area contributed by atoms with E-state index in [2.05, 4.69) is 20.9 Å². The minimum Gasteiger partial charge on any atom is -0.361 e. The Balaban J connectivity index is 1.31. The Morgan fingerprint density at radius 1 is 0.950 bits per heavy atom. The van der Waals surface area contributed by atoms with Gasteiger partial charge < -0.3 is 25.8 Å². The highest BCUT2D eigenvalue weighted by atomic mass is 35.5. The topological polar surface area (TPSA) is 123 Å². The third kappa shape index (κ3) is 6.16. The number of H-pyrrole nitrogens is 1. The first kappa shape index (κ1) is 27.0. The third-order valence-electron chi connectivity index (χ3n) is 6.83. The number of carbonyl (C=O) groups is 4. The number of piperazine rings is 1. The van der Waals surface area contributed by atoms with E-state index in [1.54, 1.807) is 36.4 Å². The van der Waals surface area contributed by atoms with Gasteiger partial charge in [0.25, 0.3) is 5.91 Å². The van der Waals surface area contributed by atoms with Crippen LogP contribution in [0.5, 0.6) is 0 Å². The first-order valence-electron chi connectivity index (χ1n) is 12.9. The van der Waals surface area contributed by atoms with Crippen LogP contribution in [0.2, 0.25) is 5.02 Å². The van der Waals surface area contributed by atoms with Crippen LogP contribution in [-0.4, -0.2) is 52.6 Å². The van der Waals surface area contributed by atoms with Crippen molar-refractivity contribution in [2.24, 2.45) is 0 Å². The van der Waals surface area contributed by atoms with E-state index in [-0.39, 0.29) is 32.0 Å². The number of nitrogens with one attached hydrogen (secondary N) is 4. The van der Waals surface area contributed by atoms with Gasteiger partial charge in [-0.05, 0) is 28.8 Å². The molecule has 0 aliphatic carbocycles. The Labute approximate surface area is 235 Å². The molecule has 4 aromatic rings. The quantitative estimate of drug-likeness (QED) is 0.253. The minimum absolute atomic E-state index is 0.183. The maximum atomic E-state index is 13.3. The molecule has 1 aliphatic rings. The number of hydrogen-bond donors (Lipinski definition) is 4. The minimum atomic E-state index is -0.937. The van der Waals surface area contributed by atoms with Gasteiger partial charge in [0.05, 0.1) is 0 Å². The Bertz CT molecular complexity index is 1550. The molecule has 9 nitrogen and oxygen atoms in total. The van der Waals surface area contributed by atoms with Gasteiger partial charge in [-0.3, -0.25) is 19.2 Å². The van der Waals surface area contributed by atoms with Gasteiger partial charge >= 0.3 is 0 Å². The van der Waals surface area contributed by atoms with E-state index >= 15 is 0 Å². The van der Waals surface area contributed by atoms with E-state index in [4.69, 9.17) is 11.6 Å². The zero-order valence-electron chi connectivity index (χ0n) is 21.5. The number of halogens is 1. The number of rotatable bonds is 9. The van der Waals surface area contributed by atoms with Gasteiger partial charge in [-0.1, -0.05) is 78.3 Å². The fourth-order valence-corrected chi connectivity index (χ4v) is 5.00. The van der Waals surface area contributed by atoms with E-state index in [9.17, 15) is 19.2 Å². The highest BCUT2D eigenvalue weighted by Gasteiger charge is 2.35. The first-order chi connectivity index (χ1) is 19.4. The molecule has 3 aromatic carbocycles. The summed E-state index contributed by atoms with van der Waals surface area (Å²) in [4.78, 5) is 56.5. The van der Waals surface area contributed by atoms with Gasteiger partial charge in [0.2, 0.25) is 17.7 Å². The lowest BCUT2D eigenvalue weighted by atomic mass is 10.0. The lowest BCUT2D eigenvalue weighted by Gasteiger charge is -2.32. The van der Waals surface area contributed by atoms with Crippen molar-refractivity contribution in [2.75, 3.05) is 13.1 Å². The molecular formula is C30H28ClN5O4. The fourth-order valence-electron chi connectivity index (χ4n) is 4.80. The highest BCUT2D eigenvalue weighted by Crippen LogP contribution is 2.21. The fraction of sp³-hybridized carbons (Fsp3) is 0.200. The van der Waals surface area contributed by atoms with Gasteiger partial charge in [-0.15, -0.1) is 0 Å². The number of aromatic amines is 1. The molecule has 4 amide bonds. The molecule has 2 unspecified atom stereocenters. The van der Waals surface area contributed by atoms with E-state index in [0.29, 0.717) is 10.6 Å². The summed E-state index contributed by atoms with van der Waals surface area (Å²) < 4.78 is 0. The number of amides is 4. The Morgan fingerprint density at radius 2 is 1.68 bits per heavy atom. The molecule has 0 radical (unpaired) electrons. The number of aromatic nitrogens is 1. The summed E-state index contributed by atoms with van der Waals surface area (Å²) in [6.45, 7) is -0.429. The predicted octanol–water partition coefficient (Wildman–Crippen LogP) is 2.86. The van der Waals surface area contributed by atoms with Gasteiger partial charge in [0, 0.05) is 35.1 Å². The molecule has 0 spiro atoms. The van der Waals surface area contributed by atoms with E-state index in [1.165, 1.54) is 4.90 Å². The molecule has 10 heteroatoms. The molecule has 1 fully saturated rings. The van der Waals surface area contributed by atoms with Crippen LogP contribution in [0.3, 0.4) is 0 Å². The van der Waals surface area contributed by atoms with Gasteiger partial charge in [-0.2, -0.15) is 0 Å². The number of benzene rings is 3. The third-order valence-corrected chi connectivity index (χ3v) is 7.20. The van der Waals surface area contributed by atoms with Gasteiger partial charge in [-0.25, -0.2) is 0 Å². The van der Waals surface area contributed by atoms with E-state index in [0.717, 1.165) is 22.0 Å². The number of carbonyl (C=O) groups excluding carboxylic acids is 4. The SMILES string of the molecule is O=C(CN1CC(=O)NC(c2ccccc2)C1=O)NC(Cc1c[nH]c2ccccc12)C(=O)NCc1ccccc1Cl. The standard InChI is InChI=1S/C30H28ClN5O4/c31-23-12-6-4-10-20(23)15-33-29(39)25(14-21-16-32-24-13-7-5-11-22(21)24)34-26(37)17-36-18-27(38)35-28(30(36)40)19-8-2-1-3-9-19/h1-13,16,25,28,32H,14-15,17-18H2,(H,33,39)(H,34,37)(H,35,38). The maximum absolute atomic E-state index is 13.3. The van der Waals surface area contributed by atoms with Crippen molar-refractivity contribution in [3.63, 3.8) is 0 Å². The molecule has 0 bridgehead atoms. The summed E-state index contributed by atoms with van der Waals surface area (Å²) in [5.41, 5.74) is 3.14. The Kier molecular flexibility index (Phi) is 8.12. The monoisotopic (exact) mass is 557 g/mol. The van der Waals surface area contributed by atoms with Crippen LogP contribution in [0.15, 0.2) is 85.1 Å². The zero-order valence-corrected chi connectivity index (χ0v) is 22.3. The molecule has 2 atom stereocenters. The second-order valence-corrected chi connectivity index (χ2v) is 10.0. The van der Waals surface area contributed by atoms with Crippen LogP contribution in [0, 0.1) is 0 Å². The Hall–Kier alpha value is -4.63. The van der Waals surface area contributed by atoms with Crippen LogP contribution >= 0.6 is 11.6 Å². The number of fused-ring (bicyclic) bond motifs is 1. The summed E-state index contributed by atoms with van der Waals surface area (Å²) in [6, 6.07) is 21.9. The molecule has 5 rings (SSSR count). The van der Waals surface area contributed by atoms with Crippen LogP contribution in [-0.2, 0) is 32.1 Å². The molecule has 204 valence electrons. The molecule has 2 heterocycles. The second kappa shape index (κ2) is 12.0. The molecule has 1 aliphatic heterocycles. The summed E-state index contributed by atoms with van der Waals surface area (Å²) in [6.07, 6.45) is 2.03. The average Bonchev–Trinajstić information content (AvgIpc) is 3.37. The zero-order chi connectivity index (χ0) is 28.1. The predicted molar refractivity (Wildman–Crippen MR) is 151 cm³/mol.